The van der Waals surface area contributed by atoms with E-state index in [0.29, 0.717) is 11.0 Å². The average molecular weight is 304 g/mol. The summed E-state index contributed by atoms with van der Waals surface area (Å²) in [6.45, 7) is 3.93. The number of nitrogens with zero attached hydrogens (tertiary/aromatic N) is 2. The number of amides is 1. The Balaban J connectivity index is 0.000000902. The second-order valence-electron chi connectivity index (χ2n) is 5.15. The van der Waals surface area contributed by atoms with Gasteiger partial charge in [0.2, 0.25) is 0 Å². The van der Waals surface area contributed by atoms with E-state index in [1.807, 2.05) is 17.0 Å². The number of rotatable bonds is 1. The molecular weight excluding hydrogens is 285 g/mol. The highest BCUT2D eigenvalue weighted by molar-refractivity contribution is 5.94. The Kier molecular flexibility index (Phi) is 5.59. The van der Waals surface area contributed by atoms with E-state index in [1.54, 1.807) is 12.4 Å². The first-order valence-electron chi connectivity index (χ1n) is 6.19. The quantitative estimate of drug-likeness (QED) is 0.860. The van der Waals surface area contributed by atoms with Gasteiger partial charge in [0, 0.05) is 37.4 Å². The highest BCUT2D eigenvalue weighted by Crippen LogP contribution is 2.36. The first-order chi connectivity index (χ1) is 8.29. The fraction of sp³-hybridized carbons (Fsp3) is 0.538. The number of hydrogen-bond donors (Lipinski definition) is 1. The molecule has 1 spiro atoms. The fourth-order valence-electron chi connectivity index (χ4n) is 2.92. The van der Waals surface area contributed by atoms with E-state index in [-0.39, 0.29) is 30.7 Å². The van der Waals surface area contributed by atoms with E-state index in [1.165, 1.54) is 6.42 Å². The van der Waals surface area contributed by atoms with Crippen LogP contribution in [0.25, 0.3) is 0 Å². The highest BCUT2D eigenvalue weighted by Gasteiger charge is 2.41. The summed E-state index contributed by atoms with van der Waals surface area (Å²) in [6.07, 6.45) is 5.68. The van der Waals surface area contributed by atoms with Gasteiger partial charge in [0.15, 0.2) is 0 Å². The Bertz CT molecular complexity index is 421. The van der Waals surface area contributed by atoms with Crippen molar-refractivity contribution in [2.75, 3.05) is 26.2 Å². The minimum absolute atomic E-state index is 0. The van der Waals surface area contributed by atoms with E-state index in [2.05, 4.69) is 10.3 Å². The minimum atomic E-state index is 0. The molecule has 2 aliphatic rings. The first kappa shape index (κ1) is 16.2. The van der Waals surface area contributed by atoms with E-state index in [9.17, 15) is 4.79 Å². The van der Waals surface area contributed by atoms with Gasteiger partial charge in [-0.25, -0.2) is 0 Å². The summed E-state index contributed by atoms with van der Waals surface area (Å²) in [5, 5.41) is 3.40. The smallest absolute Gasteiger partial charge is 0.255 e. The molecule has 6 heteroatoms. The summed E-state index contributed by atoms with van der Waals surface area (Å²) in [5.74, 6) is 0.127. The number of carbonyl (C=O) groups excluding carboxylic acids is 1. The Hall–Kier alpha value is -0.840. The van der Waals surface area contributed by atoms with Gasteiger partial charge in [-0.05, 0) is 31.5 Å². The van der Waals surface area contributed by atoms with Crippen LogP contribution in [0, 0.1) is 5.41 Å². The highest BCUT2D eigenvalue weighted by atomic mass is 35.5. The second-order valence-corrected chi connectivity index (χ2v) is 5.15. The monoisotopic (exact) mass is 303 g/mol. The molecule has 0 saturated carbocycles. The molecule has 19 heavy (non-hydrogen) atoms. The molecule has 1 aromatic heterocycles. The zero-order valence-corrected chi connectivity index (χ0v) is 12.3. The molecule has 1 atom stereocenters. The zero-order chi connectivity index (χ0) is 11.7. The van der Waals surface area contributed by atoms with E-state index in [4.69, 9.17) is 0 Å². The number of hydrogen-bond acceptors (Lipinski definition) is 3. The molecule has 2 aliphatic heterocycles. The lowest BCUT2D eigenvalue weighted by Crippen LogP contribution is -2.33. The number of pyridine rings is 1. The Morgan fingerprint density at radius 3 is 2.84 bits per heavy atom. The van der Waals surface area contributed by atoms with Crippen molar-refractivity contribution < 1.29 is 4.79 Å². The van der Waals surface area contributed by atoms with Crippen LogP contribution in [-0.2, 0) is 0 Å². The maximum Gasteiger partial charge on any atom is 0.255 e. The number of nitrogens with one attached hydrogen (secondary N) is 1. The van der Waals surface area contributed by atoms with Crippen molar-refractivity contribution in [3.63, 3.8) is 0 Å². The van der Waals surface area contributed by atoms with Gasteiger partial charge in [-0.2, -0.15) is 0 Å². The van der Waals surface area contributed by atoms with Crippen LogP contribution in [0.2, 0.25) is 0 Å². The molecule has 0 aliphatic carbocycles. The molecule has 1 aromatic rings. The maximum atomic E-state index is 12.3. The average Bonchev–Trinajstić information content (AvgIpc) is 3.01. The van der Waals surface area contributed by atoms with Gasteiger partial charge < -0.3 is 10.2 Å². The molecule has 0 aromatic carbocycles. The van der Waals surface area contributed by atoms with Crippen molar-refractivity contribution in [2.45, 2.75) is 12.8 Å². The summed E-state index contributed by atoms with van der Waals surface area (Å²) in [4.78, 5) is 18.2. The van der Waals surface area contributed by atoms with Crippen LogP contribution >= 0.6 is 24.8 Å². The van der Waals surface area contributed by atoms with Crippen molar-refractivity contribution in [3.05, 3.63) is 30.1 Å². The Labute approximate surface area is 125 Å². The normalized spacial score (nSPS) is 24.9. The van der Waals surface area contributed by atoms with Crippen LogP contribution in [0.4, 0.5) is 0 Å². The van der Waals surface area contributed by atoms with E-state index < -0.39 is 0 Å². The third-order valence-electron chi connectivity index (χ3n) is 3.97. The topological polar surface area (TPSA) is 45.2 Å². The lowest BCUT2D eigenvalue weighted by Gasteiger charge is -2.22. The van der Waals surface area contributed by atoms with Crippen molar-refractivity contribution >= 4 is 30.7 Å². The molecular formula is C13H19Cl2N3O. The van der Waals surface area contributed by atoms with Gasteiger partial charge in [0.25, 0.3) is 5.91 Å². The molecule has 1 amide bonds. The van der Waals surface area contributed by atoms with Crippen molar-refractivity contribution in [1.82, 2.24) is 15.2 Å². The van der Waals surface area contributed by atoms with Gasteiger partial charge >= 0.3 is 0 Å². The Morgan fingerprint density at radius 2 is 2.21 bits per heavy atom. The first-order valence-corrected chi connectivity index (χ1v) is 6.19. The Morgan fingerprint density at radius 1 is 1.37 bits per heavy atom. The largest absolute Gasteiger partial charge is 0.338 e. The van der Waals surface area contributed by atoms with Gasteiger partial charge in [0.05, 0.1) is 5.56 Å². The lowest BCUT2D eigenvalue weighted by atomic mass is 9.86. The summed E-state index contributed by atoms with van der Waals surface area (Å²) in [7, 11) is 0. The van der Waals surface area contributed by atoms with Crippen LogP contribution in [0.1, 0.15) is 23.2 Å². The van der Waals surface area contributed by atoms with Crippen molar-refractivity contribution in [2.24, 2.45) is 5.41 Å². The van der Waals surface area contributed by atoms with Gasteiger partial charge in [-0.3, -0.25) is 9.78 Å². The molecule has 4 nitrogen and oxygen atoms in total. The van der Waals surface area contributed by atoms with E-state index >= 15 is 0 Å². The van der Waals surface area contributed by atoms with Crippen molar-refractivity contribution in [3.8, 4) is 0 Å². The van der Waals surface area contributed by atoms with Crippen LogP contribution < -0.4 is 5.32 Å². The van der Waals surface area contributed by atoms with Crippen LogP contribution in [0.15, 0.2) is 24.5 Å². The molecule has 3 rings (SSSR count). The molecule has 2 fully saturated rings. The second kappa shape index (κ2) is 6.55. The number of aromatic nitrogens is 1. The standard InChI is InChI=1S/C13H17N3O.2ClH/c17-12(11-2-1-5-14-8-11)16-7-4-13(10-16)3-6-15-9-13;;/h1-2,5,8,15H,3-4,6-7,9-10H2;2*1H. The number of halogens is 2. The molecule has 1 N–H and O–H groups in total. The maximum absolute atomic E-state index is 12.3. The summed E-state index contributed by atoms with van der Waals surface area (Å²) in [6, 6.07) is 3.66. The predicted molar refractivity (Wildman–Crippen MR) is 79.2 cm³/mol. The minimum Gasteiger partial charge on any atom is -0.338 e. The number of likely N-dealkylation sites (tertiary alicyclic amines) is 1. The summed E-state index contributed by atoms with van der Waals surface area (Å²) < 4.78 is 0. The molecule has 106 valence electrons. The van der Waals surface area contributed by atoms with Crippen LogP contribution in [0.5, 0.6) is 0 Å². The zero-order valence-electron chi connectivity index (χ0n) is 10.7. The third kappa shape index (κ3) is 3.19. The fourth-order valence-corrected chi connectivity index (χ4v) is 2.92. The molecule has 0 bridgehead atoms. The molecule has 2 saturated heterocycles. The van der Waals surface area contributed by atoms with Gasteiger partial charge in [0.1, 0.15) is 0 Å². The predicted octanol–water partition coefficient (Wildman–Crippen LogP) is 1.75. The van der Waals surface area contributed by atoms with Gasteiger partial charge in [-0.15, -0.1) is 24.8 Å². The number of carbonyl (C=O) groups is 1. The van der Waals surface area contributed by atoms with Gasteiger partial charge in [-0.1, -0.05) is 0 Å². The molecule has 1 unspecified atom stereocenters. The van der Waals surface area contributed by atoms with E-state index in [0.717, 1.165) is 32.6 Å². The van der Waals surface area contributed by atoms with Crippen LogP contribution in [0.3, 0.4) is 0 Å². The van der Waals surface area contributed by atoms with Crippen molar-refractivity contribution in [1.29, 1.82) is 0 Å². The SMILES string of the molecule is Cl.Cl.O=C(c1cccnc1)N1CCC2(CCNC2)C1. The summed E-state index contributed by atoms with van der Waals surface area (Å²) in [5.41, 5.74) is 1.05. The molecule has 3 heterocycles. The van der Waals surface area contributed by atoms with Crippen LogP contribution in [-0.4, -0.2) is 42.0 Å². The lowest BCUT2D eigenvalue weighted by molar-refractivity contribution is 0.0775. The summed E-state index contributed by atoms with van der Waals surface area (Å²) >= 11 is 0. The third-order valence-corrected chi connectivity index (χ3v) is 3.97. The molecule has 0 radical (unpaired) electrons.